The third-order valence-corrected chi connectivity index (χ3v) is 9.63. The molecule has 0 aliphatic rings. The first-order valence-corrected chi connectivity index (χ1v) is 23.0. The Morgan fingerprint density at radius 1 is 0.625 bits per heavy atom. The molecule has 0 aromatic carbocycles. The zero-order valence-electron chi connectivity index (χ0n) is 35.0. The number of phosphoric acid groups is 1. The number of nitrogens with two attached hydrogens (primary N) is 1. The van der Waals surface area contributed by atoms with Gasteiger partial charge in [-0.3, -0.25) is 18.6 Å². The van der Waals surface area contributed by atoms with Gasteiger partial charge < -0.3 is 25.2 Å². The molecule has 0 radical (unpaired) electrons. The molecule has 0 spiro atoms. The van der Waals surface area contributed by atoms with Gasteiger partial charge in [-0.15, -0.1) is 0 Å². The predicted molar refractivity (Wildman–Crippen MR) is 230 cm³/mol. The molecule has 0 heterocycles. The molecule has 10 nitrogen and oxygen atoms in total. The number of allylic oxidation sites excluding steroid dienone is 10. The highest BCUT2D eigenvalue weighted by molar-refractivity contribution is 7.47. The summed E-state index contributed by atoms with van der Waals surface area (Å²) in [4.78, 5) is 34.8. The van der Waals surface area contributed by atoms with E-state index in [0.29, 0.717) is 25.7 Å². The number of esters is 2. The summed E-state index contributed by atoms with van der Waals surface area (Å²) in [5, 5.41) is 10.1. The molecule has 0 saturated carbocycles. The number of carbonyl (C=O) groups is 2. The molecule has 0 saturated heterocycles. The molecule has 0 aromatic rings. The van der Waals surface area contributed by atoms with Crippen LogP contribution in [-0.2, 0) is 32.7 Å². The molecule has 0 aliphatic heterocycles. The van der Waals surface area contributed by atoms with Gasteiger partial charge >= 0.3 is 19.8 Å². The van der Waals surface area contributed by atoms with Crippen molar-refractivity contribution in [2.75, 3.05) is 26.4 Å². The van der Waals surface area contributed by atoms with Crippen LogP contribution in [0.1, 0.15) is 162 Å². The number of aliphatic hydroxyl groups excluding tert-OH is 1. The number of hydrogen-bond donors (Lipinski definition) is 3. The first-order valence-electron chi connectivity index (χ1n) is 21.5. The number of rotatable bonds is 39. The molecule has 2 unspecified atom stereocenters. The monoisotopic (exact) mass is 808 g/mol. The highest BCUT2D eigenvalue weighted by atomic mass is 31.2. The van der Waals surface area contributed by atoms with E-state index in [2.05, 4.69) is 56.4 Å². The minimum atomic E-state index is -4.41. The van der Waals surface area contributed by atoms with E-state index in [-0.39, 0.29) is 32.6 Å². The van der Waals surface area contributed by atoms with E-state index < -0.39 is 38.6 Å². The van der Waals surface area contributed by atoms with Crippen LogP contribution in [0.3, 0.4) is 0 Å². The smallest absolute Gasteiger partial charge is 0.462 e. The van der Waals surface area contributed by atoms with Crippen LogP contribution in [0.15, 0.2) is 72.9 Å². The summed E-state index contributed by atoms with van der Waals surface area (Å²) in [7, 11) is -4.41. The lowest BCUT2D eigenvalue weighted by Gasteiger charge is -2.19. The largest absolute Gasteiger partial charge is 0.472 e. The molecule has 11 heteroatoms. The Balaban J connectivity index is 4.36. The van der Waals surface area contributed by atoms with Crippen LogP contribution >= 0.6 is 7.82 Å². The van der Waals surface area contributed by atoms with Gasteiger partial charge in [0.25, 0.3) is 0 Å². The summed E-state index contributed by atoms with van der Waals surface area (Å²) in [6, 6.07) is 0. The van der Waals surface area contributed by atoms with Gasteiger partial charge in [0, 0.05) is 19.4 Å². The van der Waals surface area contributed by atoms with Crippen LogP contribution in [0.2, 0.25) is 0 Å². The SMILES string of the molecule is CCCCC/C=C\C/C=C\CCCCCCCCCC(=O)O[C@H](COC(=O)CCC/C=C/C=C\C(O)C/C=C\C/C=C\CCCCC)COP(=O)(O)OCCN. The Kier molecular flexibility index (Phi) is 38.7. The number of phosphoric ester groups is 1. The third kappa shape index (κ3) is 39.6. The Bertz CT molecular complexity index is 1160. The van der Waals surface area contributed by atoms with Crippen LogP contribution in [0.25, 0.3) is 0 Å². The van der Waals surface area contributed by atoms with Gasteiger partial charge in [-0.2, -0.15) is 0 Å². The molecule has 322 valence electrons. The minimum absolute atomic E-state index is 0.0290. The van der Waals surface area contributed by atoms with E-state index in [4.69, 9.17) is 24.3 Å². The highest BCUT2D eigenvalue weighted by Crippen LogP contribution is 2.43. The van der Waals surface area contributed by atoms with Crippen molar-refractivity contribution in [2.24, 2.45) is 5.73 Å². The van der Waals surface area contributed by atoms with Crippen molar-refractivity contribution >= 4 is 19.8 Å². The van der Waals surface area contributed by atoms with E-state index in [9.17, 15) is 24.2 Å². The van der Waals surface area contributed by atoms with Gasteiger partial charge in [-0.25, -0.2) is 4.57 Å². The number of carbonyl (C=O) groups excluding carboxylic acids is 2. The highest BCUT2D eigenvalue weighted by Gasteiger charge is 2.26. The maximum absolute atomic E-state index is 12.6. The average molecular weight is 808 g/mol. The number of aliphatic hydroxyl groups is 1. The van der Waals surface area contributed by atoms with Gasteiger partial charge in [0.1, 0.15) is 6.61 Å². The maximum atomic E-state index is 12.6. The van der Waals surface area contributed by atoms with Gasteiger partial charge in [-0.1, -0.05) is 145 Å². The topological polar surface area (TPSA) is 155 Å². The van der Waals surface area contributed by atoms with Crippen molar-refractivity contribution in [2.45, 2.75) is 174 Å². The molecule has 0 bridgehead atoms. The summed E-state index contributed by atoms with van der Waals surface area (Å²) >= 11 is 0. The Hall–Kier alpha value is -2.59. The molecule has 4 N–H and O–H groups in total. The lowest BCUT2D eigenvalue weighted by Crippen LogP contribution is -2.29. The number of ether oxygens (including phenoxy) is 2. The van der Waals surface area contributed by atoms with Crippen molar-refractivity contribution in [3.8, 4) is 0 Å². The lowest BCUT2D eigenvalue weighted by molar-refractivity contribution is -0.161. The Labute approximate surface area is 340 Å². The fourth-order valence-corrected chi connectivity index (χ4v) is 6.15. The molecule has 56 heavy (non-hydrogen) atoms. The predicted octanol–water partition coefficient (Wildman–Crippen LogP) is 11.2. The fraction of sp³-hybridized carbons (Fsp3) is 0.689. The van der Waals surface area contributed by atoms with E-state index >= 15 is 0 Å². The summed E-state index contributed by atoms with van der Waals surface area (Å²) in [6.45, 7) is 3.48. The van der Waals surface area contributed by atoms with Gasteiger partial charge in [0.2, 0.25) is 0 Å². The first-order chi connectivity index (χ1) is 27.2. The second-order valence-corrected chi connectivity index (χ2v) is 15.5. The molecular weight excluding hydrogens is 729 g/mol. The average Bonchev–Trinajstić information content (AvgIpc) is 3.18. The van der Waals surface area contributed by atoms with Crippen LogP contribution in [-0.4, -0.2) is 60.5 Å². The van der Waals surface area contributed by atoms with Crippen molar-refractivity contribution in [1.82, 2.24) is 0 Å². The Morgan fingerprint density at radius 3 is 1.77 bits per heavy atom. The second kappa shape index (κ2) is 40.6. The molecule has 0 aromatic heterocycles. The zero-order valence-corrected chi connectivity index (χ0v) is 35.8. The van der Waals surface area contributed by atoms with Crippen LogP contribution in [0.5, 0.6) is 0 Å². The Morgan fingerprint density at radius 2 is 1.16 bits per heavy atom. The maximum Gasteiger partial charge on any atom is 0.472 e. The van der Waals surface area contributed by atoms with Crippen LogP contribution in [0, 0.1) is 0 Å². The summed E-state index contributed by atoms with van der Waals surface area (Å²) in [5.74, 6) is -0.974. The third-order valence-electron chi connectivity index (χ3n) is 8.65. The molecule has 0 fully saturated rings. The van der Waals surface area contributed by atoms with Crippen molar-refractivity contribution < 1.29 is 42.7 Å². The van der Waals surface area contributed by atoms with Crippen molar-refractivity contribution in [3.05, 3.63) is 72.9 Å². The van der Waals surface area contributed by atoms with E-state index in [1.54, 1.807) is 12.2 Å². The van der Waals surface area contributed by atoms with Crippen molar-refractivity contribution in [3.63, 3.8) is 0 Å². The molecular formula is C45H78NO9P. The van der Waals surface area contributed by atoms with E-state index in [0.717, 1.165) is 44.9 Å². The fourth-order valence-electron chi connectivity index (χ4n) is 5.38. The van der Waals surface area contributed by atoms with Crippen LogP contribution in [0.4, 0.5) is 0 Å². The van der Waals surface area contributed by atoms with Gasteiger partial charge in [0.05, 0.1) is 19.3 Å². The van der Waals surface area contributed by atoms with E-state index in [1.165, 1.54) is 64.2 Å². The normalized spacial score (nSPS) is 14.6. The molecule has 0 amide bonds. The van der Waals surface area contributed by atoms with Gasteiger partial charge in [-0.05, 0) is 77.0 Å². The van der Waals surface area contributed by atoms with Crippen LogP contribution < -0.4 is 5.73 Å². The zero-order chi connectivity index (χ0) is 41.2. The molecule has 0 aliphatic carbocycles. The molecule has 3 atom stereocenters. The second-order valence-electron chi connectivity index (χ2n) is 14.1. The first kappa shape index (κ1) is 53.4. The molecule has 0 rings (SSSR count). The number of unbranched alkanes of at least 4 members (excludes halogenated alkanes) is 14. The van der Waals surface area contributed by atoms with Crippen molar-refractivity contribution in [1.29, 1.82) is 0 Å². The van der Waals surface area contributed by atoms with Gasteiger partial charge in [0.15, 0.2) is 6.10 Å². The lowest BCUT2D eigenvalue weighted by atomic mass is 10.1. The number of hydrogen-bond acceptors (Lipinski definition) is 9. The summed E-state index contributed by atoms with van der Waals surface area (Å²) < 4.78 is 32.6. The standard InChI is InChI=1S/C45H78NO9P/c1-3-5-7-9-11-13-14-15-16-17-18-19-20-22-24-28-33-37-45(49)55-43(41-54-56(50,51)53-39-38-46)40-52-44(48)36-32-29-25-27-31-35-42(47)34-30-26-23-21-12-10-8-6-4-2/h11-13,15-16,21,25-27,30-31,35,42-43,47H,3-10,14,17-20,22-24,28-29,32-34,36-41,46H2,1-2H3,(H,50,51)/b13-11-,16-15-,21-12-,27-25+,30-26-,35-31-/t42?,43-/m1/s1. The quantitative estimate of drug-likeness (QED) is 0.0180. The van der Waals surface area contributed by atoms with E-state index in [1.807, 2.05) is 18.2 Å². The summed E-state index contributed by atoms with van der Waals surface area (Å²) in [5.41, 5.74) is 5.34. The minimum Gasteiger partial charge on any atom is -0.462 e. The summed E-state index contributed by atoms with van der Waals surface area (Å²) in [6.07, 6.45) is 45.3.